The molecule has 2 fully saturated rings. The molecule has 0 aromatic carbocycles. The van der Waals surface area contributed by atoms with Gasteiger partial charge in [-0.1, -0.05) is 11.8 Å². The molecule has 4 heterocycles. The molecule has 0 saturated carbocycles. The van der Waals surface area contributed by atoms with Crippen LogP contribution in [0.1, 0.15) is 24.9 Å². The quantitative estimate of drug-likeness (QED) is 0.482. The fourth-order valence-electron chi connectivity index (χ4n) is 3.41. The van der Waals surface area contributed by atoms with Crippen molar-refractivity contribution in [3.63, 3.8) is 0 Å². The summed E-state index contributed by atoms with van der Waals surface area (Å²) in [5.74, 6) is -1.05. The second kappa shape index (κ2) is 7.97. The summed E-state index contributed by atoms with van der Waals surface area (Å²) >= 11 is 2.78. The van der Waals surface area contributed by atoms with Gasteiger partial charge in [0.25, 0.3) is 0 Å². The first kappa shape index (κ1) is 20.8. The molecule has 9 nitrogen and oxygen atoms in total. The molecule has 1 aromatic heterocycles. The number of nitrogens with zero attached hydrogens (tertiary/aromatic N) is 1. The van der Waals surface area contributed by atoms with Gasteiger partial charge in [-0.2, -0.15) is 0 Å². The van der Waals surface area contributed by atoms with Gasteiger partial charge in [-0.15, -0.1) is 11.8 Å². The Morgan fingerprint density at radius 3 is 2.79 bits per heavy atom. The van der Waals surface area contributed by atoms with E-state index in [0.717, 1.165) is 6.42 Å². The van der Waals surface area contributed by atoms with Crippen molar-refractivity contribution >= 4 is 46.2 Å². The molecule has 0 radical (unpaired) electrons. The molecule has 3 aliphatic rings. The van der Waals surface area contributed by atoms with Crippen LogP contribution in [0.2, 0.25) is 0 Å². The maximum atomic E-state index is 12.8. The predicted molar refractivity (Wildman–Crippen MR) is 106 cm³/mol. The van der Waals surface area contributed by atoms with Crippen molar-refractivity contribution in [1.29, 1.82) is 0 Å². The van der Waals surface area contributed by atoms with Crippen LogP contribution in [-0.2, 0) is 31.7 Å². The maximum absolute atomic E-state index is 12.8. The highest BCUT2D eigenvalue weighted by atomic mass is 32.2. The summed E-state index contributed by atoms with van der Waals surface area (Å²) in [4.78, 5) is 37.9. The van der Waals surface area contributed by atoms with E-state index in [-0.39, 0.29) is 40.4 Å². The summed E-state index contributed by atoms with van der Waals surface area (Å²) in [7, 11) is -0.868. The maximum Gasteiger partial charge on any atom is 0.519 e. The zero-order valence-corrected chi connectivity index (χ0v) is 18.1. The Morgan fingerprint density at radius 1 is 1.45 bits per heavy atom. The standard InChI is InChI=1S/C17H19NO8S3/c1-7(19)11-13(20)18-12(15(21)24-5-10-8(2)25-17(22)26-10)16(28-14(11)18)27-9-3-4-29(23)6-9/h7,9,11,14,19H,3-6H2,1-2H3/t7-,9+,11+,14-,29?/m1/s1. The van der Waals surface area contributed by atoms with Gasteiger partial charge in [0, 0.05) is 27.6 Å². The molecule has 5 atom stereocenters. The summed E-state index contributed by atoms with van der Waals surface area (Å²) in [5.41, 5.74) is 0.132. The molecule has 0 aliphatic carbocycles. The number of amides is 1. The van der Waals surface area contributed by atoms with Crippen LogP contribution in [0.25, 0.3) is 0 Å². The molecular weight excluding hydrogens is 442 g/mol. The van der Waals surface area contributed by atoms with E-state index in [4.69, 9.17) is 13.6 Å². The highest BCUT2D eigenvalue weighted by Gasteiger charge is 2.58. The zero-order chi connectivity index (χ0) is 20.9. The van der Waals surface area contributed by atoms with Crippen LogP contribution in [0.15, 0.2) is 23.6 Å². The molecule has 1 amide bonds. The molecule has 0 spiro atoms. The van der Waals surface area contributed by atoms with Gasteiger partial charge >= 0.3 is 11.8 Å². The number of thioether (sulfide) groups is 2. The summed E-state index contributed by atoms with van der Waals surface area (Å²) < 4.78 is 27.2. The van der Waals surface area contributed by atoms with Gasteiger partial charge < -0.3 is 18.7 Å². The fourth-order valence-corrected chi connectivity index (χ4v) is 8.66. The first-order valence-corrected chi connectivity index (χ1v) is 12.2. The lowest BCUT2D eigenvalue weighted by atomic mass is 9.92. The highest BCUT2D eigenvalue weighted by molar-refractivity contribution is 8.23. The Hall–Kier alpha value is -1.50. The van der Waals surface area contributed by atoms with Gasteiger partial charge in [-0.25, -0.2) is 9.59 Å². The smallest absolute Gasteiger partial charge is 0.453 e. The molecule has 0 bridgehead atoms. The number of hydrogen-bond acceptors (Lipinski definition) is 10. The van der Waals surface area contributed by atoms with Crippen molar-refractivity contribution in [1.82, 2.24) is 4.90 Å². The molecule has 2 saturated heterocycles. The van der Waals surface area contributed by atoms with Crippen LogP contribution < -0.4 is 5.82 Å². The summed E-state index contributed by atoms with van der Waals surface area (Å²) in [6, 6.07) is 0. The Kier molecular flexibility index (Phi) is 5.70. The SMILES string of the molecule is Cc1oc(=O)oc1COC(=O)C1=C(S[C@H]2CCS(=O)C2)S[C@@H]2[C@@H]([C@@H](C)O)C(=O)N12. The van der Waals surface area contributed by atoms with Crippen molar-refractivity contribution in [2.45, 2.75) is 43.6 Å². The number of carbonyl (C=O) groups excluding carboxylic acids is 2. The number of ether oxygens (including phenoxy) is 1. The average Bonchev–Trinajstić information content (AvgIpc) is 3.28. The minimum absolute atomic E-state index is 0.0917. The Bertz CT molecular complexity index is 964. The van der Waals surface area contributed by atoms with Crippen LogP contribution in [-0.4, -0.2) is 54.3 Å². The number of rotatable bonds is 6. The van der Waals surface area contributed by atoms with Gasteiger partial charge in [-0.3, -0.25) is 13.9 Å². The van der Waals surface area contributed by atoms with E-state index in [1.807, 2.05) is 0 Å². The molecule has 12 heteroatoms. The van der Waals surface area contributed by atoms with Crippen LogP contribution in [0.3, 0.4) is 0 Å². The van der Waals surface area contributed by atoms with Crippen LogP contribution in [0, 0.1) is 12.8 Å². The monoisotopic (exact) mass is 461 g/mol. The Labute approximate surface area is 176 Å². The van der Waals surface area contributed by atoms with E-state index in [1.165, 1.54) is 35.3 Å². The normalized spacial score (nSPS) is 29.8. The molecule has 158 valence electrons. The van der Waals surface area contributed by atoms with Gasteiger partial charge in [0.2, 0.25) is 5.91 Å². The minimum Gasteiger partial charge on any atom is -0.453 e. The fraction of sp³-hybridized carbons (Fsp3) is 0.588. The highest BCUT2D eigenvalue weighted by Crippen LogP contribution is 2.55. The van der Waals surface area contributed by atoms with Gasteiger partial charge in [0.05, 0.1) is 16.3 Å². The summed E-state index contributed by atoms with van der Waals surface area (Å²) in [6.07, 6.45) is -0.0682. The number of fused-ring (bicyclic) bond motifs is 1. The van der Waals surface area contributed by atoms with Crippen molar-refractivity contribution in [2.75, 3.05) is 11.5 Å². The summed E-state index contributed by atoms with van der Waals surface area (Å²) in [6.45, 7) is 2.76. The third-order valence-corrected chi connectivity index (χ3v) is 9.49. The van der Waals surface area contributed by atoms with Gasteiger partial charge in [0.15, 0.2) is 23.8 Å². The van der Waals surface area contributed by atoms with Crippen molar-refractivity contribution < 1.29 is 32.5 Å². The first-order valence-electron chi connectivity index (χ1n) is 8.96. The number of hydrogen-bond donors (Lipinski definition) is 1. The third-order valence-electron chi connectivity index (χ3n) is 4.94. The van der Waals surface area contributed by atoms with E-state index < -0.39 is 34.6 Å². The third kappa shape index (κ3) is 3.82. The predicted octanol–water partition coefficient (Wildman–Crippen LogP) is 0.920. The van der Waals surface area contributed by atoms with E-state index >= 15 is 0 Å². The molecular formula is C17H19NO8S3. The number of aliphatic hydroxyl groups is 1. The molecule has 3 aliphatic heterocycles. The molecule has 1 aromatic rings. The average molecular weight is 462 g/mol. The van der Waals surface area contributed by atoms with E-state index in [0.29, 0.717) is 15.7 Å². The lowest BCUT2D eigenvalue weighted by molar-refractivity contribution is -0.158. The van der Waals surface area contributed by atoms with Crippen molar-refractivity contribution in [2.24, 2.45) is 5.92 Å². The van der Waals surface area contributed by atoms with E-state index in [2.05, 4.69) is 0 Å². The Balaban J connectivity index is 1.54. The number of aliphatic hydroxyl groups excluding tert-OH is 1. The number of β-lactam (4-membered cyclic amide) rings is 1. The zero-order valence-electron chi connectivity index (χ0n) is 15.6. The first-order chi connectivity index (χ1) is 13.8. The minimum atomic E-state index is -0.882. The van der Waals surface area contributed by atoms with Crippen molar-refractivity contribution in [3.8, 4) is 0 Å². The number of esters is 1. The largest absolute Gasteiger partial charge is 0.519 e. The van der Waals surface area contributed by atoms with Crippen LogP contribution >= 0.6 is 23.5 Å². The molecule has 4 rings (SSSR count). The lowest BCUT2D eigenvalue weighted by Crippen LogP contribution is -2.60. The van der Waals surface area contributed by atoms with Crippen LogP contribution in [0.5, 0.6) is 0 Å². The topological polar surface area (TPSA) is 127 Å². The Morgan fingerprint density at radius 2 is 2.21 bits per heavy atom. The second-order valence-electron chi connectivity index (χ2n) is 6.97. The molecule has 29 heavy (non-hydrogen) atoms. The second-order valence-corrected chi connectivity index (χ2v) is 11.3. The van der Waals surface area contributed by atoms with Crippen molar-refractivity contribution in [3.05, 3.63) is 32.1 Å². The number of aryl methyl sites for hydroxylation is 1. The van der Waals surface area contributed by atoms with Crippen LogP contribution in [0.4, 0.5) is 0 Å². The number of carbonyl (C=O) groups is 2. The molecule has 1 N–H and O–H groups in total. The summed E-state index contributed by atoms with van der Waals surface area (Å²) in [5, 5.41) is 9.63. The van der Waals surface area contributed by atoms with Gasteiger partial charge in [-0.05, 0) is 20.3 Å². The molecule has 1 unspecified atom stereocenters. The lowest BCUT2D eigenvalue weighted by Gasteiger charge is -2.43. The van der Waals surface area contributed by atoms with E-state index in [1.54, 1.807) is 6.92 Å². The van der Waals surface area contributed by atoms with E-state index in [9.17, 15) is 23.7 Å². The van der Waals surface area contributed by atoms with Gasteiger partial charge in [0.1, 0.15) is 5.37 Å².